The van der Waals surface area contributed by atoms with Crippen LogP contribution in [0.15, 0.2) is 22.7 Å². The molecular formula is C12H13Br2NO4. The molecule has 0 bridgehead atoms. The van der Waals surface area contributed by atoms with E-state index < -0.39 is 4.92 Å². The minimum Gasteiger partial charge on any atom is -0.481 e. The zero-order valence-corrected chi connectivity index (χ0v) is 13.4. The molecule has 3 atom stereocenters. The van der Waals surface area contributed by atoms with E-state index in [1.807, 2.05) is 6.92 Å². The molecule has 1 aliphatic rings. The van der Waals surface area contributed by atoms with Crippen molar-refractivity contribution in [3.05, 3.63) is 32.8 Å². The van der Waals surface area contributed by atoms with Crippen LogP contribution in [0.2, 0.25) is 0 Å². The van der Waals surface area contributed by atoms with Crippen LogP contribution in [0.4, 0.5) is 5.69 Å². The molecule has 0 spiro atoms. The van der Waals surface area contributed by atoms with Crippen molar-refractivity contribution in [1.29, 1.82) is 0 Å². The van der Waals surface area contributed by atoms with Gasteiger partial charge in [-0.05, 0) is 19.1 Å². The first-order valence-corrected chi connectivity index (χ1v) is 7.60. The minimum atomic E-state index is -0.444. The average Bonchev–Trinajstić information content (AvgIpc) is 2.37. The fraction of sp³-hybridized carbons (Fsp3) is 0.500. The molecule has 0 aliphatic heterocycles. The standard InChI is InChI=1S/C12H13Br2NO4/c1-2-18-12-8(14)6-11(12)19-10-4-3-7(13)5-9(10)15(16)17/h3-5,8,11-12H,2,6H2,1H3. The van der Waals surface area contributed by atoms with Gasteiger partial charge in [0.1, 0.15) is 12.2 Å². The third-order valence-electron chi connectivity index (χ3n) is 2.94. The Kier molecular flexibility index (Phi) is 4.81. The Morgan fingerprint density at radius 2 is 2.26 bits per heavy atom. The first-order chi connectivity index (χ1) is 9.02. The van der Waals surface area contributed by atoms with Gasteiger partial charge in [0.15, 0.2) is 5.75 Å². The van der Waals surface area contributed by atoms with E-state index in [1.54, 1.807) is 12.1 Å². The minimum absolute atomic E-state index is 0.0392. The molecule has 5 nitrogen and oxygen atoms in total. The van der Waals surface area contributed by atoms with Gasteiger partial charge in [0.2, 0.25) is 0 Å². The first-order valence-electron chi connectivity index (χ1n) is 5.89. The molecule has 1 saturated carbocycles. The molecule has 0 amide bonds. The first kappa shape index (κ1) is 14.7. The Bertz CT molecular complexity index is 483. The second kappa shape index (κ2) is 6.19. The molecule has 1 aliphatic carbocycles. The fourth-order valence-corrected chi connectivity index (χ4v) is 3.15. The summed E-state index contributed by atoms with van der Waals surface area (Å²) in [5, 5.41) is 11.0. The summed E-state index contributed by atoms with van der Waals surface area (Å²) < 4.78 is 11.9. The van der Waals surface area contributed by atoms with Crippen molar-refractivity contribution < 1.29 is 14.4 Å². The summed E-state index contributed by atoms with van der Waals surface area (Å²) in [5.74, 6) is 0.280. The predicted molar refractivity (Wildman–Crippen MR) is 78.0 cm³/mol. The van der Waals surface area contributed by atoms with Crippen LogP contribution in [0.25, 0.3) is 0 Å². The highest BCUT2D eigenvalue weighted by Crippen LogP contribution is 2.37. The maximum Gasteiger partial charge on any atom is 0.312 e. The summed E-state index contributed by atoms with van der Waals surface area (Å²) in [7, 11) is 0. The van der Waals surface area contributed by atoms with Gasteiger partial charge in [-0.25, -0.2) is 0 Å². The van der Waals surface area contributed by atoms with Crippen molar-refractivity contribution in [1.82, 2.24) is 0 Å². The van der Waals surface area contributed by atoms with Crippen molar-refractivity contribution in [2.75, 3.05) is 6.61 Å². The monoisotopic (exact) mass is 393 g/mol. The summed E-state index contributed by atoms with van der Waals surface area (Å²) in [6.45, 7) is 2.51. The van der Waals surface area contributed by atoms with Gasteiger partial charge in [0.05, 0.1) is 4.92 Å². The van der Waals surface area contributed by atoms with Crippen molar-refractivity contribution in [2.45, 2.75) is 30.4 Å². The lowest BCUT2D eigenvalue weighted by molar-refractivity contribution is -0.386. The van der Waals surface area contributed by atoms with Gasteiger partial charge in [0.25, 0.3) is 0 Å². The molecule has 19 heavy (non-hydrogen) atoms. The predicted octanol–water partition coefficient (Wildman–Crippen LogP) is 3.68. The summed E-state index contributed by atoms with van der Waals surface area (Å²) in [6, 6.07) is 4.77. The number of hydrogen-bond acceptors (Lipinski definition) is 4. The highest BCUT2D eigenvalue weighted by atomic mass is 79.9. The number of halogens is 2. The number of rotatable bonds is 5. The Labute approximate surface area is 127 Å². The number of ether oxygens (including phenoxy) is 2. The maximum atomic E-state index is 11.0. The highest BCUT2D eigenvalue weighted by molar-refractivity contribution is 9.10. The lowest BCUT2D eigenvalue weighted by Crippen LogP contribution is -2.52. The van der Waals surface area contributed by atoms with Crippen molar-refractivity contribution in [2.24, 2.45) is 0 Å². The lowest BCUT2D eigenvalue weighted by Gasteiger charge is -2.40. The van der Waals surface area contributed by atoms with Crippen LogP contribution in [0, 0.1) is 10.1 Å². The van der Waals surface area contributed by atoms with Crippen LogP contribution in [0.3, 0.4) is 0 Å². The Morgan fingerprint density at radius 3 is 2.84 bits per heavy atom. The van der Waals surface area contributed by atoms with Gasteiger partial charge in [-0.3, -0.25) is 10.1 Å². The molecule has 3 unspecified atom stereocenters. The Morgan fingerprint density at radius 1 is 1.53 bits per heavy atom. The third kappa shape index (κ3) is 3.27. The third-order valence-corrected chi connectivity index (χ3v) is 4.32. The molecule has 0 aromatic heterocycles. The van der Waals surface area contributed by atoms with E-state index in [1.165, 1.54) is 6.07 Å². The molecule has 1 fully saturated rings. The average molecular weight is 395 g/mol. The van der Waals surface area contributed by atoms with E-state index in [2.05, 4.69) is 31.9 Å². The molecule has 0 radical (unpaired) electrons. The SMILES string of the molecule is CCOC1C(Br)CC1Oc1ccc(Br)cc1[N+](=O)[O-]. The molecule has 7 heteroatoms. The van der Waals surface area contributed by atoms with Gasteiger partial charge < -0.3 is 9.47 Å². The molecule has 1 aromatic carbocycles. The summed E-state index contributed by atoms with van der Waals surface area (Å²) in [4.78, 5) is 10.8. The second-order valence-corrected chi connectivity index (χ2v) is 6.29. The fourth-order valence-electron chi connectivity index (χ4n) is 1.94. The summed E-state index contributed by atoms with van der Waals surface area (Å²) in [6.07, 6.45) is 0.565. The van der Waals surface area contributed by atoms with Gasteiger partial charge >= 0.3 is 5.69 Å². The molecule has 0 heterocycles. The van der Waals surface area contributed by atoms with E-state index in [0.29, 0.717) is 11.1 Å². The number of hydrogen-bond donors (Lipinski definition) is 0. The largest absolute Gasteiger partial charge is 0.481 e. The van der Waals surface area contributed by atoms with Crippen LogP contribution < -0.4 is 4.74 Å². The zero-order valence-electron chi connectivity index (χ0n) is 10.2. The van der Waals surface area contributed by atoms with Crippen molar-refractivity contribution in [3.8, 4) is 5.75 Å². The van der Waals surface area contributed by atoms with Crippen molar-refractivity contribution in [3.63, 3.8) is 0 Å². The van der Waals surface area contributed by atoms with E-state index in [-0.39, 0.29) is 28.5 Å². The van der Waals surface area contributed by atoms with Crippen molar-refractivity contribution >= 4 is 37.5 Å². The molecule has 104 valence electrons. The number of nitro benzene ring substituents is 1. The van der Waals surface area contributed by atoms with E-state index in [9.17, 15) is 10.1 Å². The number of alkyl halides is 1. The van der Waals surface area contributed by atoms with E-state index in [0.717, 1.165) is 6.42 Å². The zero-order chi connectivity index (χ0) is 14.0. The normalized spacial score (nSPS) is 25.7. The van der Waals surface area contributed by atoms with Gasteiger partial charge in [-0.15, -0.1) is 0 Å². The van der Waals surface area contributed by atoms with Gasteiger partial charge in [0, 0.05) is 28.4 Å². The van der Waals surface area contributed by atoms with E-state index >= 15 is 0 Å². The highest BCUT2D eigenvalue weighted by Gasteiger charge is 2.43. The Hall–Kier alpha value is -0.660. The quantitative estimate of drug-likeness (QED) is 0.434. The number of nitro groups is 1. The van der Waals surface area contributed by atoms with Crippen LogP contribution in [-0.4, -0.2) is 28.6 Å². The Balaban J connectivity index is 2.13. The molecule has 0 saturated heterocycles. The number of nitrogens with zero attached hydrogens (tertiary/aromatic N) is 1. The number of benzene rings is 1. The van der Waals surface area contributed by atoms with Crippen LogP contribution in [0.5, 0.6) is 5.75 Å². The molecule has 2 rings (SSSR count). The van der Waals surface area contributed by atoms with Crippen LogP contribution in [0.1, 0.15) is 13.3 Å². The summed E-state index contributed by atoms with van der Waals surface area (Å²) >= 11 is 6.71. The van der Waals surface area contributed by atoms with Gasteiger partial charge in [-0.1, -0.05) is 31.9 Å². The smallest absolute Gasteiger partial charge is 0.312 e. The van der Waals surface area contributed by atoms with Crippen LogP contribution in [-0.2, 0) is 4.74 Å². The summed E-state index contributed by atoms with van der Waals surface area (Å²) in [5.41, 5.74) is -0.0392. The second-order valence-electron chi connectivity index (χ2n) is 4.20. The molecule has 0 N–H and O–H groups in total. The molecular weight excluding hydrogens is 382 g/mol. The van der Waals surface area contributed by atoms with E-state index in [4.69, 9.17) is 9.47 Å². The van der Waals surface area contributed by atoms with Crippen LogP contribution >= 0.6 is 31.9 Å². The lowest BCUT2D eigenvalue weighted by atomic mass is 9.91. The molecule has 1 aromatic rings. The maximum absolute atomic E-state index is 11.0. The topological polar surface area (TPSA) is 61.6 Å². The van der Waals surface area contributed by atoms with Gasteiger partial charge in [-0.2, -0.15) is 0 Å².